The Kier molecular flexibility index (Phi) is 5.35. The smallest absolute Gasteiger partial charge is 0.338 e. The van der Waals surface area contributed by atoms with Gasteiger partial charge in [0, 0.05) is 12.1 Å². The van der Waals surface area contributed by atoms with E-state index in [1.165, 1.54) is 7.11 Å². The highest BCUT2D eigenvalue weighted by Crippen LogP contribution is 2.15. The Hall–Kier alpha value is -1.35. The van der Waals surface area contributed by atoms with Crippen molar-refractivity contribution in [1.82, 2.24) is 5.32 Å². The monoisotopic (exact) mass is 249 g/mol. The highest BCUT2D eigenvalue weighted by atomic mass is 16.5. The number of nitrogens with one attached hydrogen (secondary N) is 1. The maximum Gasteiger partial charge on any atom is 0.338 e. The molecule has 0 spiro atoms. The molecule has 0 aromatic heterocycles. The van der Waals surface area contributed by atoms with Gasteiger partial charge in [0.1, 0.15) is 0 Å². The summed E-state index contributed by atoms with van der Waals surface area (Å²) in [7, 11) is 1.41. The molecule has 1 aromatic carbocycles. The van der Waals surface area contributed by atoms with Crippen molar-refractivity contribution in [2.75, 3.05) is 7.11 Å². The van der Waals surface area contributed by atoms with Crippen LogP contribution in [0.1, 0.15) is 49.5 Å². The number of hydrogen-bond acceptors (Lipinski definition) is 3. The molecule has 1 rings (SSSR count). The maximum absolute atomic E-state index is 11.6. The minimum Gasteiger partial charge on any atom is -0.465 e. The van der Waals surface area contributed by atoms with Crippen LogP contribution < -0.4 is 5.32 Å². The zero-order valence-corrected chi connectivity index (χ0v) is 11.7. The average Bonchev–Trinajstić information content (AvgIpc) is 2.36. The van der Waals surface area contributed by atoms with Crippen molar-refractivity contribution in [2.45, 2.75) is 45.7 Å². The van der Waals surface area contributed by atoms with Crippen LogP contribution in [0.15, 0.2) is 24.3 Å². The van der Waals surface area contributed by atoms with E-state index in [1.807, 2.05) is 18.2 Å². The molecule has 0 fully saturated rings. The van der Waals surface area contributed by atoms with Crippen LogP contribution in [0.3, 0.4) is 0 Å². The molecule has 18 heavy (non-hydrogen) atoms. The molecule has 0 radical (unpaired) electrons. The fourth-order valence-corrected chi connectivity index (χ4v) is 2.03. The molecule has 3 heteroatoms. The molecule has 1 N–H and O–H groups in total. The summed E-state index contributed by atoms with van der Waals surface area (Å²) >= 11 is 0. The second kappa shape index (κ2) is 6.55. The minimum absolute atomic E-state index is 0.0813. The molecule has 0 aliphatic rings. The van der Waals surface area contributed by atoms with Gasteiger partial charge in [-0.3, -0.25) is 0 Å². The van der Waals surface area contributed by atoms with Crippen molar-refractivity contribution in [3.05, 3.63) is 35.4 Å². The quantitative estimate of drug-likeness (QED) is 0.787. The summed E-state index contributed by atoms with van der Waals surface area (Å²) in [5.74, 6) is -0.277. The Bertz CT molecular complexity index is 399. The Balaban J connectivity index is 2.76. The Morgan fingerprint density at radius 1 is 1.33 bits per heavy atom. The number of ether oxygens (including phenoxy) is 1. The Morgan fingerprint density at radius 2 is 2.00 bits per heavy atom. The first-order chi connectivity index (χ1) is 8.50. The topological polar surface area (TPSA) is 38.3 Å². The van der Waals surface area contributed by atoms with E-state index < -0.39 is 0 Å². The van der Waals surface area contributed by atoms with E-state index in [9.17, 15) is 4.79 Å². The fourth-order valence-electron chi connectivity index (χ4n) is 2.03. The molecule has 0 saturated carbocycles. The van der Waals surface area contributed by atoms with E-state index in [2.05, 4.69) is 26.1 Å². The second-order valence-corrected chi connectivity index (χ2v) is 5.14. The van der Waals surface area contributed by atoms with Gasteiger partial charge in [0.05, 0.1) is 12.7 Å². The van der Waals surface area contributed by atoms with Gasteiger partial charge >= 0.3 is 5.97 Å². The minimum atomic E-state index is -0.277. The van der Waals surface area contributed by atoms with E-state index in [0.717, 1.165) is 18.4 Å². The molecule has 0 aliphatic heterocycles. The molecular weight excluding hydrogens is 226 g/mol. The summed E-state index contributed by atoms with van der Waals surface area (Å²) in [6.45, 7) is 7.21. The molecular formula is C15H23NO2. The Morgan fingerprint density at radius 3 is 2.61 bits per heavy atom. The summed E-state index contributed by atoms with van der Waals surface area (Å²) in [6, 6.07) is 7.56. The summed E-state index contributed by atoms with van der Waals surface area (Å²) in [4.78, 5) is 11.6. The van der Waals surface area contributed by atoms with Crippen LogP contribution in [-0.2, 0) is 11.3 Å². The number of esters is 1. The lowest BCUT2D eigenvalue weighted by atomic mass is 9.98. The van der Waals surface area contributed by atoms with E-state index in [1.54, 1.807) is 6.07 Å². The molecule has 1 aromatic rings. The first-order valence-corrected chi connectivity index (χ1v) is 6.41. The predicted octanol–water partition coefficient (Wildman–Crippen LogP) is 3.14. The Labute approximate surface area is 110 Å². The van der Waals surface area contributed by atoms with Crippen LogP contribution in [0, 0.1) is 0 Å². The van der Waals surface area contributed by atoms with E-state index in [-0.39, 0.29) is 11.5 Å². The molecule has 0 bridgehead atoms. The van der Waals surface area contributed by atoms with Crippen LogP contribution in [0.4, 0.5) is 0 Å². The van der Waals surface area contributed by atoms with Gasteiger partial charge < -0.3 is 10.1 Å². The van der Waals surface area contributed by atoms with E-state index >= 15 is 0 Å². The molecule has 3 nitrogen and oxygen atoms in total. The number of carbonyl (C=O) groups excluding carboxylic acids is 1. The van der Waals surface area contributed by atoms with E-state index in [4.69, 9.17) is 4.74 Å². The normalized spacial score (nSPS) is 11.3. The third-order valence-corrected chi connectivity index (χ3v) is 3.06. The van der Waals surface area contributed by atoms with E-state index in [0.29, 0.717) is 12.1 Å². The molecule has 0 saturated heterocycles. The van der Waals surface area contributed by atoms with Gasteiger partial charge in [-0.05, 0) is 31.9 Å². The number of methoxy groups -OCH3 is 1. The number of carbonyl (C=O) groups is 1. The van der Waals surface area contributed by atoms with Crippen molar-refractivity contribution >= 4 is 5.97 Å². The molecule has 0 heterocycles. The molecule has 0 unspecified atom stereocenters. The van der Waals surface area contributed by atoms with Crippen LogP contribution in [0.5, 0.6) is 0 Å². The molecule has 0 atom stereocenters. The first-order valence-electron chi connectivity index (χ1n) is 6.41. The van der Waals surface area contributed by atoms with Crippen LogP contribution >= 0.6 is 0 Å². The first kappa shape index (κ1) is 14.7. The van der Waals surface area contributed by atoms with Gasteiger partial charge in [0.2, 0.25) is 0 Å². The summed E-state index contributed by atoms with van der Waals surface area (Å²) < 4.78 is 4.79. The second-order valence-electron chi connectivity index (χ2n) is 5.14. The molecule has 0 amide bonds. The third kappa shape index (κ3) is 4.15. The summed E-state index contributed by atoms with van der Waals surface area (Å²) in [5.41, 5.74) is 1.70. The lowest BCUT2D eigenvalue weighted by Gasteiger charge is -2.26. The van der Waals surface area contributed by atoms with Crippen molar-refractivity contribution in [1.29, 1.82) is 0 Å². The van der Waals surface area contributed by atoms with Crippen LogP contribution in [-0.4, -0.2) is 18.6 Å². The number of hydrogen-bond donors (Lipinski definition) is 1. The van der Waals surface area contributed by atoms with Gasteiger partial charge in [0.25, 0.3) is 0 Å². The highest BCUT2D eigenvalue weighted by molar-refractivity contribution is 5.90. The van der Waals surface area contributed by atoms with Crippen LogP contribution in [0.2, 0.25) is 0 Å². The van der Waals surface area contributed by atoms with Crippen molar-refractivity contribution < 1.29 is 9.53 Å². The summed E-state index contributed by atoms with van der Waals surface area (Å²) in [5, 5.41) is 3.49. The van der Waals surface area contributed by atoms with Gasteiger partial charge in [-0.25, -0.2) is 4.79 Å². The molecule has 0 aliphatic carbocycles. The lowest BCUT2D eigenvalue weighted by Crippen LogP contribution is -2.38. The number of rotatable bonds is 6. The SMILES string of the molecule is CCCC(C)(C)NCc1ccccc1C(=O)OC. The van der Waals surface area contributed by atoms with Gasteiger partial charge in [0.15, 0.2) is 0 Å². The summed E-state index contributed by atoms with van der Waals surface area (Å²) in [6.07, 6.45) is 2.24. The van der Waals surface area contributed by atoms with Gasteiger partial charge in [-0.15, -0.1) is 0 Å². The van der Waals surface area contributed by atoms with Gasteiger partial charge in [-0.1, -0.05) is 31.5 Å². The fraction of sp³-hybridized carbons (Fsp3) is 0.533. The van der Waals surface area contributed by atoms with Gasteiger partial charge in [-0.2, -0.15) is 0 Å². The van der Waals surface area contributed by atoms with Crippen LogP contribution in [0.25, 0.3) is 0 Å². The van der Waals surface area contributed by atoms with Crippen molar-refractivity contribution in [3.63, 3.8) is 0 Å². The maximum atomic E-state index is 11.6. The van der Waals surface area contributed by atoms with Crippen molar-refractivity contribution in [3.8, 4) is 0 Å². The zero-order chi connectivity index (χ0) is 13.6. The largest absolute Gasteiger partial charge is 0.465 e. The average molecular weight is 249 g/mol. The molecule has 100 valence electrons. The zero-order valence-electron chi connectivity index (χ0n) is 11.7. The van der Waals surface area contributed by atoms with Crippen molar-refractivity contribution in [2.24, 2.45) is 0 Å². The lowest BCUT2D eigenvalue weighted by molar-refractivity contribution is 0.0599. The third-order valence-electron chi connectivity index (χ3n) is 3.06. The highest BCUT2D eigenvalue weighted by Gasteiger charge is 2.17. The number of benzene rings is 1. The predicted molar refractivity (Wildman–Crippen MR) is 73.6 cm³/mol. The standard InChI is InChI=1S/C15H23NO2/c1-5-10-15(2,3)16-11-12-8-6-7-9-13(12)14(17)18-4/h6-9,16H,5,10-11H2,1-4H3.